The highest BCUT2D eigenvalue weighted by molar-refractivity contribution is 9.10. The third-order valence-corrected chi connectivity index (χ3v) is 8.48. The maximum Gasteiger partial charge on any atom is 0.244 e. The summed E-state index contributed by atoms with van der Waals surface area (Å²) in [4.78, 5) is 6.77. The molecule has 0 atom stereocenters. The van der Waals surface area contributed by atoms with Gasteiger partial charge in [0, 0.05) is 41.6 Å². The van der Waals surface area contributed by atoms with Gasteiger partial charge in [-0.15, -0.1) is 11.3 Å². The van der Waals surface area contributed by atoms with E-state index in [1.165, 1.54) is 21.7 Å². The van der Waals surface area contributed by atoms with Crippen molar-refractivity contribution in [1.82, 2.24) is 9.29 Å². The van der Waals surface area contributed by atoms with Crippen LogP contribution in [0, 0.1) is 11.6 Å². The van der Waals surface area contributed by atoms with Crippen molar-refractivity contribution in [2.24, 2.45) is 0 Å². The number of hydrogen-bond donors (Lipinski definition) is 0. The summed E-state index contributed by atoms with van der Waals surface area (Å²) in [6, 6.07) is 10.4. The highest BCUT2D eigenvalue weighted by Gasteiger charge is 2.30. The third kappa shape index (κ3) is 4.07. The molecule has 1 aliphatic rings. The Morgan fingerprint density at radius 2 is 1.72 bits per heavy atom. The predicted octanol–water partition coefficient (Wildman–Crippen LogP) is 4.36. The fourth-order valence-corrected chi connectivity index (χ4v) is 6.38. The Balaban J connectivity index is 1.47. The van der Waals surface area contributed by atoms with Crippen molar-refractivity contribution >= 4 is 42.4 Å². The quantitative estimate of drug-likeness (QED) is 0.535. The smallest absolute Gasteiger partial charge is 0.244 e. The summed E-state index contributed by atoms with van der Waals surface area (Å²) in [5, 5.41) is 2.51. The van der Waals surface area contributed by atoms with E-state index in [0.717, 1.165) is 17.3 Å². The number of hydrogen-bond acceptors (Lipinski definition) is 5. The van der Waals surface area contributed by atoms with Gasteiger partial charge in [0.15, 0.2) is 16.8 Å². The number of rotatable bonds is 4. The normalized spacial score (nSPS) is 15.6. The van der Waals surface area contributed by atoms with E-state index in [1.54, 1.807) is 29.6 Å². The van der Waals surface area contributed by atoms with Gasteiger partial charge in [-0.25, -0.2) is 22.2 Å². The molecule has 2 heterocycles. The van der Waals surface area contributed by atoms with E-state index in [1.807, 2.05) is 4.90 Å². The molecule has 3 aromatic rings. The lowest BCUT2D eigenvalue weighted by Crippen LogP contribution is -2.48. The van der Waals surface area contributed by atoms with E-state index in [2.05, 4.69) is 20.9 Å². The van der Waals surface area contributed by atoms with E-state index in [0.29, 0.717) is 41.9 Å². The minimum atomic E-state index is -3.58. The summed E-state index contributed by atoms with van der Waals surface area (Å²) < 4.78 is 54.4. The van der Waals surface area contributed by atoms with Crippen molar-refractivity contribution in [3.8, 4) is 11.3 Å². The van der Waals surface area contributed by atoms with Crippen LogP contribution in [0.15, 0.2) is 57.2 Å². The van der Waals surface area contributed by atoms with Gasteiger partial charge in [-0.05, 0) is 46.3 Å². The highest BCUT2D eigenvalue weighted by Crippen LogP contribution is 2.30. The molecule has 0 radical (unpaired) electrons. The molecule has 0 N–H and O–H groups in total. The topological polar surface area (TPSA) is 53.5 Å². The molecule has 4 rings (SSSR count). The third-order valence-electron chi connectivity index (χ3n) is 4.67. The zero-order valence-corrected chi connectivity index (χ0v) is 18.3. The van der Waals surface area contributed by atoms with Crippen molar-refractivity contribution in [3.63, 3.8) is 0 Å². The molecular weight excluding hydrogens is 484 g/mol. The van der Waals surface area contributed by atoms with Crippen molar-refractivity contribution in [3.05, 3.63) is 64.0 Å². The lowest BCUT2D eigenvalue weighted by molar-refractivity contribution is 0.384. The number of piperazine rings is 1. The molecule has 1 aromatic heterocycles. The summed E-state index contributed by atoms with van der Waals surface area (Å²) in [6.45, 7) is 1.66. The number of aromatic nitrogens is 1. The largest absolute Gasteiger partial charge is 0.345 e. The van der Waals surface area contributed by atoms with Crippen LogP contribution in [-0.2, 0) is 10.0 Å². The van der Waals surface area contributed by atoms with Gasteiger partial charge in [0.2, 0.25) is 10.0 Å². The first-order valence-corrected chi connectivity index (χ1v) is 11.9. The molecule has 0 bridgehead atoms. The summed E-state index contributed by atoms with van der Waals surface area (Å²) >= 11 is 4.70. The molecule has 1 fully saturated rings. The first-order chi connectivity index (χ1) is 13.9. The van der Waals surface area contributed by atoms with Crippen molar-refractivity contribution < 1.29 is 17.2 Å². The van der Waals surface area contributed by atoms with Crippen LogP contribution in [0.5, 0.6) is 0 Å². The van der Waals surface area contributed by atoms with Gasteiger partial charge in [0.1, 0.15) is 0 Å². The summed E-state index contributed by atoms with van der Waals surface area (Å²) in [5.41, 5.74) is 1.06. The van der Waals surface area contributed by atoms with Gasteiger partial charge < -0.3 is 4.90 Å². The standard InChI is InChI=1S/C19H16BrF2N3O2S2/c20-14-3-1-2-4-18(14)29(26,27)25-9-7-24(8-10-25)19-23-17(12-28-19)13-5-6-15(21)16(22)11-13/h1-6,11-12H,7-10H2. The molecule has 5 nitrogen and oxygen atoms in total. The molecule has 1 aliphatic heterocycles. The minimum absolute atomic E-state index is 0.253. The predicted molar refractivity (Wildman–Crippen MR) is 113 cm³/mol. The number of thiazole rings is 1. The lowest BCUT2D eigenvalue weighted by atomic mass is 10.2. The van der Waals surface area contributed by atoms with Gasteiger partial charge in [-0.2, -0.15) is 4.31 Å². The van der Waals surface area contributed by atoms with Gasteiger partial charge in [-0.1, -0.05) is 12.1 Å². The van der Waals surface area contributed by atoms with Crippen molar-refractivity contribution in [2.75, 3.05) is 31.1 Å². The molecule has 2 aromatic carbocycles. The number of benzene rings is 2. The maximum absolute atomic E-state index is 13.5. The summed E-state index contributed by atoms with van der Waals surface area (Å²) in [5.74, 6) is -1.81. The molecular formula is C19H16BrF2N3O2S2. The molecule has 0 unspecified atom stereocenters. The second kappa shape index (κ2) is 8.10. The second-order valence-electron chi connectivity index (χ2n) is 6.47. The Labute approximate surface area is 179 Å². The van der Waals surface area contributed by atoms with Crippen LogP contribution >= 0.6 is 27.3 Å². The van der Waals surface area contributed by atoms with E-state index >= 15 is 0 Å². The second-order valence-corrected chi connectivity index (χ2v) is 10.1. The van der Waals surface area contributed by atoms with Crippen LogP contribution < -0.4 is 4.90 Å². The van der Waals surface area contributed by atoms with Gasteiger partial charge in [0.25, 0.3) is 0 Å². The Hall–Kier alpha value is -1.88. The Morgan fingerprint density at radius 1 is 1.00 bits per heavy atom. The van der Waals surface area contributed by atoms with Gasteiger partial charge in [-0.3, -0.25) is 0 Å². The number of halogens is 3. The molecule has 10 heteroatoms. The SMILES string of the molecule is O=S(=O)(c1ccccc1Br)N1CCN(c2nc(-c3ccc(F)c(F)c3)cs2)CC1. The monoisotopic (exact) mass is 499 g/mol. The summed E-state index contributed by atoms with van der Waals surface area (Å²) in [7, 11) is -3.58. The van der Waals surface area contributed by atoms with E-state index in [-0.39, 0.29) is 4.90 Å². The van der Waals surface area contributed by atoms with Crippen LogP contribution in [0.1, 0.15) is 0 Å². The molecule has 0 amide bonds. The molecule has 1 saturated heterocycles. The fraction of sp³-hybridized carbons (Fsp3) is 0.211. The van der Waals surface area contributed by atoms with Gasteiger partial charge >= 0.3 is 0 Å². The maximum atomic E-state index is 13.5. The van der Waals surface area contributed by atoms with E-state index in [9.17, 15) is 17.2 Å². The van der Waals surface area contributed by atoms with Crippen LogP contribution in [-0.4, -0.2) is 43.9 Å². The fourth-order valence-electron chi connectivity index (χ4n) is 3.11. The van der Waals surface area contributed by atoms with Gasteiger partial charge in [0.05, 0.1) is 10.6 Å². The molecule has 0 saturated carbocycles. The van der Waals surface area contributed by atoms with E-state index < -0.39 is 21.7 Å². The van der Waals surface area contributed by atoms with Crippen LogP contribution in [0.3, 0.4) is 0 Å². The number of nitrogens with zero attached hydrogens (tertiary/aromatic N) is 3. The average Bonchev–Trinajstić information content (AvgIpc) is 3.20. The molecule has 29 heavy (non-hydrogen) atoms. The van der Waals surface area contributed by atoms with Crippen molar-refractivity contribution in [1.29, 1.82) is 0 Å². The molecule has 152 valence electrons. The van der Waals surface area contributed by atoms with E-state index in [4.69, 9.17) is 0 Å². The zero-order chi connectivity index (χ0) is 20.6. The first-order valence-electron chi connectivity index (χ1n) is 8.77. The zero-order valence-electron chi connectivity index (χ0n) is 15.1. The number of anilines is 1. The summed E-state index contributed by atoms with van der Waals surface area (Å²) in [6.07, 6.45) is 0. The first kappa shape index (κ1) is 20.4. The Bertz CT molecular complexity index is 1150. The lowest BCUT2D eigenvalue weighted by Gasteiger charge is -2.33. The Morgan fingerprint density at radius 3 is 2.41 bits per heavy atom. The van der Waals surface area contributed by atoms with Crippen LogP contribution in [0.25, 0.3) is 11.3 Å². The highest BCUT2D eigenvalue weighted by atomic mass is 79.9. The van der Waals surface area contributed by atoms with Crippen LogP contribution in [0.2, 0.25) is 0 Å². The Kier molecular flexibility index (Phi) is 5.69. The average molecular weight is 500 g/mol. The van der Waals surface area contributed by atoms with Crippen LogP contribution in [0.4, 0.5) is 13.9 Å². The number of sulfonamides is 1. The molecule has 0 spiro atoms. The minimum Gasteiger partial charge on any atom is -0.345 e. The molecule has 0 aliphatic carbocycles. The van der Waals surface area contributed by atoms with Crippen molar-refractivity contribution in [2.45, 2.75) is 4.90 Å².